The summed E-state index contributed by atoms with van der Waals surface area (Å²) in [5, 5.41) is 2.43. The monoisotopic (exact) mass is 582 g/mol. The number of anilines is 1. The Hall–Kier alpha value is -1.72. The van der Waals surface area contributed by atoms with E-state index < -0.39 is 36.8 Å². The van der Waals surface area contributed by atoms with Gasteiger partial charge in [-0.15, -0.1) is 0 Å². The number of benzene rings is 1. The Bertz CT molecular complexity index is 993. The van der Waals surface area contributed by atoms with E-state index in [2.05, 4.69) is 39.2 Å². The van der Waals surface area contributed by atoms with Crippen molar-refractivity contribution in [3.8, 4) is 11.5 Å². The summed E-state index contributed by atoms with van der Waals surface area (Å²) in [4.78, 5) is 40.2. The zero-order chi connectivity index (χ0) is 27.5. The van der Waals surface area contributed by atoms with Crippen LogP contribution < -0.4 is 14.8 Å². The van der Waals surface area contributed by atoms with Crippen molar-refractivity contribution >= 4 is 66.6 Å². The molecule has 1 aliphatic heterocycles. The summed E-state index contributed by atoms with van der Waals surface area (Å²) in [5.41, 5.74) is 0.154. The van der Waals surface area contributed by atoms with Gasteiger partial charge in [-0.25, -0.2) is 4.79 Å². The van der Waals surface area contributed by atoms with Crippen LogP contribution in [-0.4, -0.2) is 74.8 Å². The number of ketones is 1. The van der Waals surface area contributed by atoms with Crippen LogP contribution in [0.25, 0.3) is 0 Å². The fourth-order valence-corrected chi connectivity index (χ4v) is 4.44. The fourth-order valence-electron chi connectivity index (χ4n) is 3.26. The standard InChI is InChI=1S/C23H33Cl3N2O7Si/c1-22(2,3)36(6,7)35-12-16-17(29)8-9-28(16)20(30)14-10-18(32-4)19(33-5)11-15(14)27-21(31)34-13-23(24,25)26/h10-11,16H,8-9,12-13H2,1-7H3,(H,27,31)/t16-/m1/s1. The Kier molecular flexibility index (Phi) is 9.97. The first kappa shape index (κ1) is 30.5. The normalized spacial score (nSPS) is 16.7. The molecule has 1 saturated heterocycles. The van der Waals surface area contributed by atoms with Gasteiger partial charge in [0.05, 0.1) is 32.1 Å². The van der Waals surface area contributed by atoms with Gasteiger partial charge >= 0.3 is 6.09 Å². The van der Waals surface area contributed by atoms with Gasteiger partial charge in [-0.05, 0) is 24.2 Å². The van der Waals surface area contributed by atoms with Gasteiger partial charge in [0.15, 0.2) is 25.6 Å². The Labute approximate surface area is 227 Å². The predicted octanol–water partition coefficient (Wildman–Crippen LogP) is 5.43. The van der Waals surface area contributed by atoms with E-state index >= 15 is 0 Å². The zero-order valence-corrected chi connectivity index (χ0v) is 24.8. The average Bonchev–Trinajstić information content (AvgIpc) is 3.14. The molecular weight excluding hydrogens is 551 g/mol. The Morgan fingerprint density at radius 1 is 1.11 bits per heavy atom. The number of alkyl halides is 3. The Morgan fingerprint density at radius 3 is 2.22 bits per heavy atom. The molecular formula is C23H33Cl3N2O7Si. The third-order valence-electron chi connectivity index (χ3n) is 6.37. The molecule has 36 heavy (non-hydrogen) atoms. The number of nitrogens with one attached hydrogen (secondary N) is 1. The molecule has 1 aliphatic rings. The number of likely N-dealkylation sites (tertiary alicyclic amines) is 1. The molecule has 0 unspecified atom stereocenters. The topological polar surface area (TPSA) is 103 Å². The first-order valence-electron chi connectivity index (χ1n) is 11.2. The first-order chi connectivity index (χ1) is 16.5. The molecule has 1 atom stereocenters. The number of amides is 2. The summed E-state index contributed by atoms with van der Waals surface area (Å²) < 4.78 is 20.0. The fraction of sp³-hybridized carbons (Fsp3) is 0.609. The molecule has 202 valence electrons. The van der Waals surface area contributed by atoms with Crippen molar-refractivity contribution < 1.29 is 33.0 Å². The van der Waals surface area contributed by atoms with Gasteiger partial charge in [-0.2, -0.15) is 0 Å². The number of carbonyl (C=O) groups is 3. The Balaban J connectivity index is 2.37. The third kappa shape index (κ3) is 7.64. The second-order valence-corrected chi connectivity index (χ2v) is 17.2. The molecule has 0 spiro atoms. The van der Waals surface area contributed by atoms with Crippen LogP contribution in [0.3, 0.4) is 0 Å². The van der Waals surface area contributed by atoms with Crippen LogP contribution in [0, 0.1) is 0 Å². The van der Waals surface area contributed by atoms with Gasteiger partial charge < -0.3 is 23.5 Å². The third-order valence-corrected chi connectivity index (χ3v) is 11.2. The number of halogens is 3. The average molecular weight is 584 g/mol. The van der Waals surface area contributed by atoms with Gasteiger partial charge in [-0.1, -0.05) is 55.6 Å². The molecule has 0 aromatic heterocycles. The molecule has 0 aliphatic carbocycles. The minimum atomic E-state index is -2.16. The molecule has 0 bridgehead atoms. The van der Waals surface area contributed by atoms with Gasteiger partial charge in [0.2, 0.25) is 3.79 Å². The molecule has 2 amide bonds. The first-order valence-corrected chi connectivity index (χ1v) is 15.3. The predicted molar refractivity (Wildman–Crippen MR) is 142 cm³/mol. The van der Waals surface area contributed by atoms with Gasteiger partial charge in [0, 0.05) is 19.0 Å². The van der Waals surface area contributed by atoms with Gasteiger partial charge in [0.25, 0.3) is 5.91 Å². The molecule has 2 rings (SSSR count). The summed E-state index contributed by atoms with van der Waals surface area (Å²) in [6, 6.07) is 2.10. The van der Waals surface area contributed by atoms with Crippen molar-refractivity contribution in [2.75, 3.05) is 39.3 Å². The van der Waals surface area contributed by atoms with Crippen LogP contribution in [-0.2, 0) is 14.0 Å². The highest BCUT2D eigenvalue weighted by molar-refractivity contribution is 6.74. The quantitative estimate of drug-likeness (QED) is 0.322. The number of nitrogens with zero attached hydrogens (tertiary/aromatic N) is 1. The van der Waals surface area contributed by atoms with Gasteiger partial charge in [0.1, 0.15) is 12.6 Å². The minimum Gasteiger partial charge on any atom is -0.493 e. The molecule has 1 N–H and O–H groups in total. The number of methoxy groups -OCH3 is 2. The van der Waals surface area contributed by atoms with Crippen LogP contribution in [0.1, 0.15) is 37.6 Å². The van der Waals surface area contributed by atoms with E-state index in [1.165, 1.54) is 31.3 Å². The Morgan fingerprint density at radius 2 is 1.69 bits per heavy atom. The highest BCUT2D eigenvalue weighted by Crippen LogP contribution is 2.38. The largest absolute Gasteiger partial charge is 0.493 e. The van der Waals surface area contributed by atoms with Crippen molar-refractivity contribution in [2.24, 2.45) is 0 Å². The summed E-state index contributed by atoms with van der Waals surface area (Å²) >= 11 is 16.9. The van der Waals surface area contributed by atoms with Crippen LogP contribution in [0.5, 0.6) is 11.5 Å². The van der Waals surface area contributed by atoms with E-state index in [-0.39, 0.29) is 53.1 Å². The summed E-state index contributed by atoms with van der Waals surface area (Å²) in [6.07, 6.45) is -0.739. The lowest BCUT2D eigenvalue weighted by atomic mass is 10.1. The zero-order valence-electron chi connectivity index (χ0n) is 21.5. The number of rotatable bonds is 8. The molecule has 9 nitrogen and oxygen atoms in total. The SMILES string of the molecule is COc1cc(NC(=O)OCC(Cl)(Cl)Cl)c(C(=O)N2CCC(=O)[C@H]2CO[Si](C)(C)C(C)(C)C)cc1OC. The van der Waals surface area contributed by atoms with Crippen LogP contribution in [0.2, 0.25) is 18.1 Å². The maximum atomic E-state index is 13.7. The van der Waals surface area contributed by atoms with Crippen LogP contribution >= 0.6 is 34.8 Å². The number of Topliss-reactive ketones (excluding diaryl/α,β-unsaturated/α-hetero) is 1. The van der Waals surface area contributed by atoms with E-state index in [9.17, 15) is 14.4 Å². The maximum absolute atomic E-state index is 13.7. The molecule has 1 heterocycles. The van der Waals surface area contributed by atoms with Crippen molar-refractivity contribution in [1.29, 1.82) is 0 Å². The maximum Gasteiger partial charge on any atom is 0.411 e. The highest BCUT2D eigenvalue weighted by atomic mass is 35.6. The second-order valence-electron chi connectivity index (χ2n) is 9.87. The van der Waals surface area contributed by atoms with E-state index in [1.807, 2.05) is 0 Å². The van der Waals surface area contributed by atoms with E-state index in [0.29, 0.717) is 0 Å². The summed E-state index contributed by atoms with van der Waals surface area (Å²) in [6.45, 7) is 10.3. The van der Waals surface area contributed by atoms with Crippen molar-refractivity contribution in [1.82, 2.24) is 4.90 Å². The lowest BCUT2D eigenvalue weighted by Crippen LogP contribution is -2.47. The number of hydrogen-bond acceptors (Lipinski definition) is 7. The number of hydrogen-bond donors (Lipinski definition) is 1. The number of ether oxygens (including phenoxy) is 3. The molecule has 1 aromatic rings. The molecule has 0 saturated carbocycles. The summed E-state index contributed by atoms with van der Waals surface area (Å²) in [5.74, 6) is -0.0388. The van der Waals surface area contributed by atoms with Crippen molar-refractivity contribution in [2.45, 2.75) is 55.2 Å². The summed E-state index contributed by atoms with van der Waals surface area (Å²) in [7, 11) is 0.672. The second kappa shape index (κ2) is 11.8. The molecule has 13 heteroatoms. The number of carbonyl (C=O) groups excluding carboxylic acids is 3. The van der Waals surface area contributed by atoms with E-state index in [4.69, 9.17) is 53.4 Å². The van der Waals surface area contributed by atoms with Crippen LogP contribution in [0.15, 0.2) is 12.1 Å². The molecule has 0 radical (unpaired) electrons. The van der Waals surface area contributed by atoms with Crippen molar-refractivity contribution in [3.63, 3.8) is 0 Å². The lowest BCUT2D eigenvalue weighted by molar-refractivity contribution is -0.120. The van der Waals surface area contributed by atoms with E-state index in [0.717, 1.165) is 0 Å². The lowest BCUT2D eigenvalue weighted by Gasteiger charge is -2.37. The van der Waals surface area contributed by atoms with Gasteiger partial charge in [-0.3, -0.25) is 14.9 Å². The molecule has 1 fully saturated rings. The highest BCUT2D eigenvalue weighted by Gasteiger charge is 2.42. The van der Waals surface area contributed by atoms with Crippen molar-refractivity contribution in [3.05, 3.63) is 17.7 Å². The minimum absolute atomic E-state index is 0.0586. The van der Waals surface area contributed by atoms with E-state index in [1.54, 1.807) is 0 Å². The smallest absolute Gasteiger partial charge is 0.411 e. The van der Waals surface area contributed by atoms with Crippen LogP contribution in [0.4, 0.5) is 10.5 Å². The molecule has 1 aromatic carbocycles.